The molecule has 0 unspecified atom stereocenters. The summed E-state index contributed by atoms with van der Waals surface area (Å²) in [6.07, 6.45) is 4.65. The summed E-state index contributed by atoms with van der Waals surface area (Å²) < 4.78 is 5.37. The van der Waals surface area contributed by atoms with Crippen LogP contribution in [0.5, 0.6) is 0 Å². The van der Waals surface area contributed by atoms with Crippen molar-refractivity contribution in [2.24, 2.45) is 0 Å². The number of carbonyl (C=O) groups is 1. The van der Waals surface area contributed by atoms with E-state index in [1.165, 1.54) is 24.0 Å². The first-order chi connectivity index (χ1) is 10.2. The molecule has 0 amide bonds. The van der Waals surface area contributed by atoms with E-state index in [4.69, 9.17) is 9.84 Å². The van der Waals surface area contributed by atoms with Gasteiger partial charge in [-0.2, -0.15) is 0 Å². The maximum absolute atomic E-state index is 10.5. The van der Waals surface area contributed by atoms with Crippen molar-refractivity contribution >= 4 is 5.97 Å². The zero-order valence-corrected chi connectivity index (χ0v) is 12.3. The Bertz CT molecular complexity index is 473. The van der Waals surface area contributed by atoms with Crippen LogP contribution in [-0.4, -0.2) is 41.8 Å². The molecule has 1 saturated heterocycles. The minimum Gasteiger partial charge on any atom is -0.480 e. The molecule has 1 N–H and O–H groups in total. The van der Waals surface area contributed by atoms with Crippen LogP contribution < -0.4 is 0 Å². The van der Waals surface area contributed by atoms with E-state index < -0.39 is 5.97 Å². The van der Waals surface area contributed by atoms with E-state index in [1.54, 1.807) is 0 Å². The van der Waals surface area contributed by atoms with Crippen molar-refractivity contribution in [3.63, 3.8) is 0 Å². The normalized spacial score (nSPS) is 20.6. The molecule has 1 aromatic carbocycles. The fourth-order valence-corrected chi connectivity index (χ4v) is 2.99. The molecular formula is C17H23NO3. The summed E-state index contributed by atoms with van der Waals surface area (Å²) in [5.74, 6) is -0.0608. The van der Waals surface area contributed by atoms with Gasteiger partial charge >= 0.3 is 5.97 Å². The number of nitrogens with zero attached hydrogens (tertiary/aromatic N) is 1. The van der Waals surface area contributed by atoms with Gasteiger partial charge in [-0.25, -0.2) is 4.79 Å². The van der Waals surface area contributed by atoms with Gasteiger partial charge < -0.3 is 9.84 Å². The zero-order valence-electron chi connectivity index (χ0n) is 12.3. The van der Waals surface area contributed by atoms with Gasteiger partial charge in [-0.05, 0) is 42.7 Å². The molecule has 2 fully saturated rings. The Balaban J connectivity index is 1.43. The molecule has 21 heavy (non-hydrogen) atoms. The second-order valence-electron chi connectivity index (χ2n) is 6.20. The van der Waals surface area contributed by atoms with Crippen LogP contribution in [0.4, 0.5) is 0 Å². The van der Waals surface area contributed by atoms with Crippen molar-refractivity contribution in [1.82, 2.24) is 4.90 Å². The average molecular weight is 289 g/mol. The van der Waals surface area contributed by atoms with E-state index >= 15 is 0 Å². The Kier molecular flexibility index (Phi) is 4.56. The Labute approximate surface area is 125 Å². The van der Waals surface area contributed by atoms with Crippen LogP contribution in [-0.2, 0) is 16.1 Å². The van der Waals surface area contributed by atoms with Crippen LogP contribution in [0.15, 0.2) is 24.3 Å². The van der Waals surface area contributed by atoms with Crippen LogP contribution in [0.3, 0.4) is 0 Å². The number of rotatable bonds is 6. The Morgan fingerprint density at radius 3 is 2.38 bits per heavy atom. The third kappa shape index (κ3) is 4.29. The largest absolute Gasteiger partial charge is 0.480 e. The Morgan fingerprint density at radius 2 is 1.81 bits per heavy atom. The van der Waals surface area contributed by atoms with Crippen molar-refractivity contribution < 1.29 is 14.6 Å². The molecule has 2 aliphatic rings. The highest BCUT2D eigenvalue weighted by molar-refractivity contribution is 5.68. The highest BCUT2D eigenvalue weighted by Crippen LogP contribution is 2.39. The molecule has 1 aromatic rings. The minimum atomic E-state index is -0.881. The molecule has 0 radical (unpaired) electrons. The molecule has 4 heteroatoms. The first-order valence-electron chi connectivity index (χ1n) is 7.85. The first kappa shape index (κ1) is 14.5. The maximum atomic E-state index is 10.5. The van der Waals surface area contributed by atoms with Gasteiger partial charge in [0.15, 0.2) is 0 Å². The predicted octanol–water partition coefficient (Wildman–Crippen LogP) is 2.63. The van der Waals surface area contributed by atoms with Gasteiger partial charge in [-0.15, -0.1) is 0 Å². The molecule has 1 saturated carbocycles. The summed E-state index contributed by atoms with van der Waals surface area (Å²) in [7, 11) is 0. The zero-order chi connectivity index (χ0) is 14.7. The molecule has 4 nitrogen and oxygen atoms in total. The molecule has 3 rings (SSSR count). The molecule has 0 bridgehead atoms. The van der Waals surface area contributed by atoms with Gasteiger partial charge in [0.25, 0.3) is 0 Å². The van der Waals surface area contributed by atoms with E-state index in [9.17, 15) is 4.79 Å². The van der Waals surface area contributed by atoms with Crippen molar-refractivity contribution in [2.75, 3.05) is 19.7 Å². The fraction of sp³-hybridized carbons (Fsp3) is 0.588. The van der Waals surface area contributed by atoms with Gasteiger partial charge in [0.2, 0.25) is 0 Å². The van der Waals surface area contributed by atoms with Crippen LogP contribution in [0.2, 0.25) is 0 Å². The first-order valence-corrected chi connectivity index (χ1v) is 7.85. The molecule has 114 valence electrons. The number of carboxylic acid groups (broad SMARTS) is 1. The number of ether oxygens (including phenoxy) is 1. The second-order valence-corrected chi connectivity index (χ2v) is 6.20. The third-order valence-corrected chi connectivity index (χ3v) is 4.41. The van der Waals surface area contributed by atoms with Crippen molar-refractivity contribution in [1.29, 1.82) is 0 Å². The van der Waals surface area contributed by atoms with E-state index in [-0.39, 0.29) is 12.7 Å². The Hall–Kier alpha value is -1.39. The fourth-order valence-electron chi connectivity index (χ4n) is 2.99. The Morgan fingerprint density at radius 1 is 1.14 bits per heavy atom. The number of carboxylic acids is 1. The quantitative estimate of drug-likeness (QED) is 0.874. The molecule has 1 aliphatic heterocycles. The summed E-state index contributed by atoms with van der Waals surface area (Å²) in [5, 5.41) is 8.62. The molecule has 0 spiro atoms. The average Bonchev–Trinajstić information content (AvgIpc) is 3.32. The number of likely N-dealkylation sites (tertiary alicyclic amines) is 1. The van der Waals surface area contributed by atoms with Gasteiger partial charge in [-0.1, -0.05) is 24.3 Å². The van der Waals surface area contributed by atoms with E-state index in [2.05, 4.69) is 29.2 Å². The second kappa shape index (κ2) is 6.58. The molecule has 0 atom stereocenters. The lowest BCUT2D eigenvalue weighted by molar-refractivity contribution is -0.145. The lowest BCUT2D eigenvalue weighted by atomic mass is 10.0. The molecule has 1 heterocycles. The maximum Gasteiger partial charge on any atom is 0.329 e. The predicted molar refractivity (Wildman–Crippen MR) is 80.3 cm³/mol. The number of benzene rings is 1. The molecular weight excluding hydrogens is 266 g/mol. The highest BCUT2D eigenvalue weighted by Gasteiger charge is 2.23. The van der Waals surface area contributed by atoms with Crippen molar-refractivity contribution in [3.05, 3.63) is 35.4 Å². The van der Waals surface area contributed by atoms with Crippen LogP contribution in [0.1, 0.15) is 42.7 Å². The third-order valence-electron chi connectivity index (χ3n) is 4.41. The monoisotopic (exact) mass is 289 g/mol. The van der Waals surface area contributed by atoms with Crippen LogP contribution >= 0.6 is 0 Å². The SMILES string of the molecule is O=C(O)COC1CCN(Cc2ccc(C3CC3)cc2)CC1. The van der Waals surface area contributed by atoms with Crippen LogP contribution in [0.25, 0.3) is 0 Å². The highest BCUT2D eigenvalue weighted by atomic mass is 16.5. The van der Waals surface area contributed by atoms with Gasteiger partial charge in [0.05, 0.1) is 6.10 Å². The number of hydrogen-bond acceptors (Lipinski definition) is 3. The van der Waals surface area contributed by atoms with Crippen molar-refractivity contribution in [3.8, 4) is 0 Å². The van der Waals surface area contributed by atoms with E-state index in [0.29, 0.717) is 0 Å². The van der Waals surface area contributed by atoms with Gasteiger partial charge in [0, 0.05) is 19.6 Å². The smallest absolute Gasteiger partial charge is 0.329 e. The number of piperidine rings is 1. The topological polar surface area (TPSA) is 49.8 Å². The summed E-state index contributed by atoms with van der Waals surface area (Å²) in [4.78, 5) is 12.9. The molecule has 1 aliphatic carbocycles. The van der Waals surface area contributed by atoms with Gasteiger partial charge in [-0.3, -0.25) is 4.90 Å². The lowest BCUT2D eigenvalue weighted by Gasteiger charge is -2.31. The van der Waals surface area contributed by atoms with Crippen molar-refractivity contribution in [2.45, 2.75) is 44.2 Å². The minimum absolute atomic E-state index is 0.106. The number of hydrogen-bond donors (Lipinski definition) is 1. The summed E-state index contributed by atoms with van der Waals surface area (Å²) in [6.45, 7) is 2.77. The van der Waals surface area contributed by atoms with Crippen LogP contribution in [0, 0.1) is 0 Å². The number of aliphatic carboxylic acids is 1. The van der Waals surface area contributed by atoms with Gasteiger partial charge in [0.1, 0.15) is 6.61 Å². The summed E-state index contributed by atoms with van der Waals surface area (Å²) in [6, 6.07) is 9.05. The lowest BCUT2D eigenvalue weighted by Crippen LogP contribution is -2.37. The molecule has 0 aromatic heterocycles. The summed E-state index contributed by atoms with van der Waals surface area (Å²) in [5.41, 5.74) is 2.85. The summed E-state index contributed by atoms with van der Waals surface area (Å²) >= 11 is 0. The van der Waals surface area contributed by atoms with E-state index in [1.807, 2.05) is 0 Å². The standard InChI is InChI=1S/C17H23NO3/c19-17(20)12-21-16-7-9-18(10-8-16)11-13-1-3-14(4-2-13)15-5-6-15/h1-4,15-16H,5-12H2,(H,19,20). The van der Waals surface area contributed by atoms with E-state index in [0.717, 1.165) is 38.4 Å².